The zero-order chi connectivity index (χ0) is 38.8. The average molecular weight is 753 g/mol. The van der Waals surface area contributed by atoms with Crippen LogP contribution in [-0.2, 0) is 42.6 Å². The summed E-state index contributed by atoms with van der Waals surface area (Å²) in [5, 5.41) is 21.0. The molecule has 0 radical (unpaired) electrons. The van der Waals surface area contributed by atoms with Gasteiger partial charge in [0, 0.05) is 18.5 Å². The van der Waals surface area contributed by atoms with Crippen LogP contribution >= 0.6 is 11.8 Å². The first-order valence-corrected chi connectivity index (χ1v) is 18.5. The lowest BCUT2D eigenvalue weighted by atomic mass is 10.1. The summed E-state index contributed by atoms with van der Waals surface area (Å²) in [6, 6.07) is 20.3. The number of carbonyl (C=O) groups excluding carboxylic acids is 4. The zero-order valence-electron chi connectivity index (χ0n) is 31.0. The fraction of sp³-hybridized carbons (Fsp3) is 0.333. The number of hydrazone groups is 1. The smallest absolute Gasteiger partial charge is 0.307 e. The fourth-order valence-corrected chi connectivity index (χ4v) is 6.46. The molecule has 0 saturated carbocycles. The van der Waals surface area contributed by atoms with Crippen molar-refractivity contribution in [2.75, 3.05) is 24.0 Å². The molecule has 4 aromatic rings. The Labute approximate surface area is 318 Å². The van der Waals surface area contributed by atoms with Gasteiger partial charge < -0.3 is 19.7 Å². The number of thioether (sulfide) groups is 1. The highest BCUT2D eigenvalue weighted by molar-refractivity contribution is 7.98. The largest absolute Gasteiger partial charge is 0.480 e. The lowest BCUT2D eigenvalue weighted by molar-refractivity contribution is -0.142. The van der Waals surface area contributed by atoms with E-state index in [1.165, 1.54) is 27.7 Å². The maximum absolute atomic E-state index is 13.4. The number of aromatic nitrogens is 4. The van der Waals surface area contributed by atoms with Crippen LogP contribution in [0.1, 0.15) is 48.9 Å². The van der Waals surface area contributed by atoms with Crippen molar-refractivity contribution in [1.82, 2.24) is 25.1 Å². The van der Waals surface area contributed by atoms with Crippen molar-refractivity contribution >= 4 is 52.7 Å². The van der Waals surface area contributed by atoms with Gasteiger partial charge in [0.25, 0.3) is 11.8 Å². The van der Waals surface area contributed by atoms with Crippen LogP contribution in [0.15, 0.2) is 89.6 Å². The second-order valence-corrected chi connectivity index (χ2v) is 13.7. The predicted octanol–water partition coefficient (Wildman–Crippen LogP) is 5.49. The summed E-state index contributed by atoms with van der Waals surface area (Å²) in [6.45, 7) is 11.5. The summed E-state index contributed by atoms with van der Waals surface area (Å²) < 4.78 is 12.6. The maximum atomic E-state index is 13.4. The van der Waals surface area contributed by atoms with E-state index in [1.807, 2.05) is 63.2 Å². The molecule has 1 aliphatic heterocycles. The van der Waals surface area contributed by atoms with E-state index in [0.29, 0.717) is 46.8 Å². The number of ether oxygens (including phenoxy) is 2. The first kappa shape index (κ1) is 39.4. The highest BCUT2D eigenvalue weighted by Crippen LogP contribution is 2.28. The third-order valence-electron chi connectivity index (χ3n) is 8.64. The van der Waals surface area contributed by atoms with E-state index >= 15 is 0 Å². The lowest BCUT2D eigenvalue weighted by Crippen LogP contribution is -2.38. The highest BCUT2D eigenvalue weighted by atomic mass is 32.2. The number of amidine groups is 1. The van der Waals surface area contributed by atoms with Gasteiger partial charge in [-0.1, -0.05) is 79.4 Å². The standard InChI is InChI=1S/C39H44N8O6S/c1-7-20-52-35(49)18-19-46-39(41-43-44-46)54-24-29-15-13-28(14-16-29)22-34(48)45(6)36-27(5)38(51)47(42-36)31-11-9-10-30(23-31)40-37(50)32(8-2)53-33-17-12-25(3)21-26(33)4/h7,9-17,21,23,27,32H,1,8,18-20,22,24H2,2-6H3,(H,40,50). The molecule has 5 rings (SSSR count). The molecule has 1 aromatic heterocycles. The lowest BCUT2D eigenvalue weighted by Gasteiger charge is -2.19. The molecule has 15 heteroatoms. The molecule has 0 bridgehead atoms. The number of nitrogens with one attached hydrogen (secondary N) is 1. The molecule has 1 N–H and O–H groups in total. The maximum Gasteiger partial charge on any atom is 0.307 e. The van der Waals surface area contributed by atoms with Crippen molar-refractivity contribution in [3.05, 3.63) is 102 Å². The Morgan fingerprint density at radius 1 is 1.07 bits per heavy atom. The van der Waals surface area contributed by atoms with Crippen LogP contribution in [0.2, 0.25) is 0 Å². The van der Waals surface area contributed by atoms with Crippen molar-refractivity contribution in [3.8, 4) is 5.75 Å². The van der Waals surface area contributed by atoms with Crippen molar-refractivity contribution in [2.24, 2.45) is 11.0 Å². The van der Waals surface area contributed by atoms with E-state index in [4.69, 9.17) is 9.47 Å². The Balaban J connectivity index is 1.16. The number of nitrogens with zero attached hydrogens (tertiary/aromatic N) is 7. The Morgan fingerprint density at radius 2 is 1.83 bits per heavy atom. The molecule has 3 amide bonds. The number of anilines is 2. The molecule has 14 nitrogen and oxygen atoms in total. The van der Waals surface area contributed by atoms with Gasteiger partial charge in [0.1, 0.15) is 18.2 Å². The van der Waals surface area contributed by atoms with Crippen LogP contribution in [0.25, 0.3) is 0 Å². The molecule has 2 atom stereocenters. The summed E-state index contributed by atoms with van der Waals surface area (Å²) in [4.78, 5) is 53.2. The number of hydrogen-bond acceptors (Lipinski definition) is 11. The molecule has 0 aliphatic carbocycles. The molecule has 282 valence electrons. The Bertz CT molecular complexity index is 2030. The van der Waals surface area contributed by atoms with Crippen molar-refractivity contribution in [3.63, 3.8) is 0 Å². The van der Waals surface area contributed by atoms with Gasteiger partial charge in [-0.15, -0.1) is 5.10 Å². The van der Waals surface area contributed by atoms with E-state index < -0.39 is 12.0 Å². The molecule has 54 heavy (non-hydrogen) atoms. The molecular formula is C39H44N8O6S. The third kappa shape index (κ3) is 9.98. The fourth-order valence-electron chi connectivity index (χ4n) is 5.60. The summed E-state index contributed by atoms with van der Waals surface area (Å²) in [6.07, 6.45) is 1.49. The minimum Gasteiger partial charge on any atom is -0.480 e. The Kier molecular flexibility index (Phi) is 13.3. The van der Waals surface area contributed by atoms with Crippen molar-refractivity contribution < 1.29 is 28.7 Å². The number of esters is 1. The molecule has 2 heterocycles. The van der Waals surface area contributed by atoms with E-state index in [1.54, 1.807) is 42.9 Å². The molecule has 0 saturated heterocycles. The number of benzene rings is 3. The second kappa shape index (κ2) is 18.3. The molecule has 0 fully saturated rings. The van der Waals surface area contributed by atoms with E-state index in [0.717, 1.165) is 22.3 Å². The van der Waals surface area contributed by atoms with Crippen LogP contribution in [0.4, 0.5) is 11.4 Å². The average Bonchev–Trinajstić information content (AvgIpc) is 3.74. The van der Waals surface area contributed by atoms with Crippen LogP contribution in [-0.4, -0.2) is 74.4 Å². The summed E-state index contributed by atoms with van der Waals surface area (Å²) >= 11 is 1.43. The van der Waals surface area contributed by atoms with Gasteiger partial charge >= 0.3 is 5.97 Å². The van der Waals surface area contributed by atoms with E-state index in [-0.39, 0.29) is 43.1 Å². The highest BCUT2D eigenvalue weighted by Gasteiger charge is 2.37. The minimum atomic E-state index is -0.717. The summed E-state index contributed by atoms with van der Waals surface area (Å²) in [7, 11) is 1.61. The predicted molar refractivity (Wildman–Crippen MR) is 206 cm³/mol. The van der Waals surface area contributed by atoms with Crippen LogP contribution in [0.3, 0.4) is 0 Å². The third-order valence-corrected chi connectivity index (χ3v) is 9.67. The van der Waals surface area contributed by atoms with Gasteiger partial charge in [-0.3, -0.25) is 19.2 Å². The minimum absolute atomic E-state index is 0.106. The number of carbonyl (C=O) groups is 4. The Morgan fingerprint density at radius 3 is 2.56 bits per heavy atom. The number of rotatable bonds is 16. The van der Waals surface area contributed by atoms with Crippen molar-refractivity contribution in [1.29, 1.82) is 0 Å². The summed E-state index contributed by atoms with van der Waals surface area (Å²) in [5.74, 6) is -0.300. The van der Waals surface area contributed by atoms with Crippen molar-refractivity contribution in [2.45, 2.75) is 70.5 Å². The number of aryl methyl sites for hydroxylation is 3. The van der Waals surface area contributed by atoms with Gasteiger partial charge in [-0.2, -0.15) is 10.1 Å². The summed E-state index contributed by atoms with van der Waals surface area (Å²) in [5.41, 5.74) is 4.79. The molecular weight excluding hydrogens is 709 g/mol. The van der Waals surface area contributed by atoms with E-state index in [9.17, 15) is 19.2 Å². The normalized spacial score (nSPS) is 14.3. The molecule has 0 spiro atoms. The number of tetrazole rings is 1. The molecule has 1 aliphatic rings. The van der Waals surface area contributed by atoms with E-state index in [2.05, 4.69) is 32.5 Å². The van der Waals surface area contributed by atoms with Crippen LogP contribution < -0.4 is 15.1 Å². The van der Waals surface area contributed by atoms with Gasteiger partial charge in [0.2, 0.25) is 11.1 Å². The van der Waals surface area contributed by atoms with Gasteiger partial charge in [-0.25, -0.2) is 4.68 Å². The number of likely N-dealkylation sites (N-methyl/N-ethyl adjacent to an activating group) is 1. The molecule has 3 aromatic carbocycles. The van der Waals surface area contributed by atoms with Crippen LogP contribution in [0, 0.1) is 19.8 Å². The zero-order valence-corrected chi connectivity index (χ0v) is 31.8. The SMILES string of the molecule is C=CCOC(=O)CCn1nnnc1SCc1ccc(CC(=O)N(C)C2=NN(c3cccc(NC(=O)C(CC)Oc4ccc(C)cc4C)c3)C(=O)C2C)cc1. The topological polar surface area (TPSA) is 161 Å². The van der Waals surface area contributed by atoms with Gasteiger partial charge in [0.15, 0.2) is 6.10 Å². The Hall–Kier alpha value is -5.83. The van der Waals surface area contributed by atoms with Crippen LogP contribution in [0.5, 0.6) is 5.75 Å². The van der Waals surface area contributed by atoms with Gasteiger partial charge in [-0.05, 0) is 78.6 Å². The number of hydrogen-bond donors (Lipinski definition) is 1. The van der Waals surface area contributed by atoms with Gasteiger partial charge in [0.05, 0.1) is 31.0 Å². The number of amides is 3. The first-order chi connectivity index (χ1) is 26.0. The monoisotopic (exact) mass is 752 g/mol. The quantitative estimate of drug-likeness (QED) is 0.0880. The molecule has 2 unspecified atom stereocenters. The first-order valence-electron chi connectivity index (χ1n) is 17.5. The second-order valence-electron chi connectivity index (χ2n) is 12.8.